The van der Waals surface area contributed by atoms with E-state index in [4.69, 9.17) is 11.6 Å². The number of hydrogen-bond acceptors (Lipinski definition) is 6. The predicted molar refractivity (Wildman–Crippen MR) is 86.5 cm³/mol. The monoisotopic (exact) mass is 344 g/mol. The molecule has 1 aromatic carbocycles. The molecule has 0 atom stereocenters. The molecule has 4 rings (SSSR count). The number of benzene rings is 1. The molecule has 6 nitrogen and oxygen atoms in total. The minimum absolute atomic E-state index is 0.452. The van der Waals surface area contributed by atoms with Crippen LogP contribution in [0.3, 0.4) is 0 Å². The van der Waals surface area contributed by atoms with Crippen LogP contribution in [0.4, 0.5) is 0 Å². The third-order valence-corrected chi connectivity index (χ3v) is 4.59. The van der Waals surface area contributed by atoms with Crippen molar-refractivity contribution in [2.24, 2.45) is 0 Å². The normalized spacial score (nSPS) is 14.1. The van der Waals surface area contributed by atoms with Crippen molar-refractivity contribution in [3.63, 3.8) is 0 Å². The lowest BCUT2D eigenvalue weighted by Crippen LogP contribution is -2.04. The quantitative estimate of drug-likeness (QED) is 0.662. The third kappa shape index (κ3) is 3.51. The molecule has 0 saturated heterocycles. The Balaban J connectivity index is 1.57. The van der Waals surface area contributed by atoms with Crippen LogP contribution in [0.1, 0.15) is 30.1 Å². The van der Waals surface area contributed by atoms with Gasteiger partial charge in [0.1, 0.15) is 16.0 Å². The lowest BCUT2D eigenvalue weighted by molar-refractivity contribution is 0.602. The average Bonchev–Trinajstić information content (AvgIpc) is 3.32. The number of halogens is 1. The van der Waals surface area contributed by atoms with Gasteiger partial charge in [0.2, 0.25) is 5.16 Å². The number of tetrazole rings is 1. The van der Waals surface area contributed by atoms with E-state index in [1.165, 1.54) is 11.8 Å². The summed E-state index contributed by atoms with van der Waals surface area (Å²) in [7, 11) is 0. The van der Waals surface area contributed by atoms with Gasteiger partial charge in [0, 0.05) is 12.0 Å². The fraction of sp³-hybridized carbons (Fsp3) is 0.267. The van der Waals surface area contributed by atoms with Crippen LogP contribution in [0.25, 0.3) is 0 Å². The second kappa shape index (κ2) is 6.25. The van der Waals surface area contributed by atoms with E-state index < -0.39 is 0 Å². The van der Waals surface area contributed by atoms with Gasteiger partial charge in [0.15, 0.2) is 0 Å². The highest BCUT2D eigenvalue weighted by Crippen LogP contribution is 2.39. The smallest absolute Gasteiger partial charge is 0.215 e. The number of hydrogen-bond donors (Lipinski definition) is 0. The van der Waals surface area contributed by atoms with Crippen molar-refractivity contribution in [2.75, 3.05) is 0 Å². The summed E-state index contributed by atoms with van der Waals surface area (Å²) in [6, 6.07) is 11.8. The van der Waals surface area contributed by atoms with E-state index in [1.54, 1.807) is 10.7 Å². The van der Waals surface area contributed by atoms with Crippen LogP contribution in [0, 0.1) is 0 Å². The van der Waals surface area contributed by atoms with Crippen molar-refractivity contribution in [1.29, 1.82) is 0 Å². The molecule has 0 aliphatic heterocycles. The Morgan fingerprint density at radius 3 is 2.78 bits per heavy atom. The van der Waals surface area contributed by atoms with Crippen molar-refractivity contribution in [2.45, 2.75) is 35.5 Å². The molecule has 0 unspecified atom stereocenters. The van der Waals surface area contributed by atoms with Crippen LogP contribution in [0.5, 0.6) is 0 Å². The lowest BCUT2D eigenvalue weighted by atomic mass is 10.2. The van der Waals surface area contributed by atoms with Crippen LogP contribution < -0.4 is 0 Å². The van der Waals surface area contributed by atoms with Crippen molar-refractivity contribution in [3.05, 3.63) is 52.9 Å². The summed E-state index contributed by atoms with van der Waals surface area (Å²) < 4.78 is 1.76. The molecule has 1 saturated carbocycles. The summed E-state index contributed by atoms with van der Waals surface area (Å²) in [6.07, 6.45) is 2.27. The molecule has 1 fully saturated rings. The summed E-state index contributed by atoms with van der Waals surface area (Å²) in [5, 5.41) is 13.8. The first-order valence-corrected chi connectivity index (χ1v) is 8.50. The highest BCUT2D eigenvalue weighted by Gasteiger charge is 2.27. The van der Waals surface area contributed by atoms with E-state index in [-0.39, 0.29) is 0 Å². The van der Waals surface area contributed by atoms with Gasteiger partial charge in [-0.3, -0.25) is 0 Å². The zero-order valence-corrected chi connectivity index (χ0v) is 13.7. The van der Waals surface area contributed by atoms with Gasteiger partial charge in [-0.2, -0.15) is 0 Å². The van der Waals surface area contributed by atoms with Gasteiger partial charge in [-0.1, -0.05) is 41.9 Å². The van der Waals surface area contributed by atoms with E-state index in [1.807, 2.05) is 30.3 Å². The molecule has 3 aromatic rings. The Morgan fingerprint density at radius 1 is 1.17 bits per heavy atom. The molecular weight excluding hydrogens is 332 g/mol. The molecule has 0 radical (unpaired) electrons. The summed E-state index contributed by atoms with van der Waals surface area (Å²) in [5.41, 5.74) is 1.14. The minimum Gasteiger partial charge on any atom is -0.226 e. The fourth-order valence-corrected chi connectivity index (χ4v) is 3.24. The third-order valence-electron chi connectivity index (χ3n) is 3.50. The van der Waals surface area contributed by atoms with Crippen LogP contribution in [-0.4, -0.2) is 30.2 Å². The number of nitrogens with zero attached hydrogens (tertiary/aromatic N) is 6. The topological polar surface area (TPSA) is 69.4 Å². The highest BCUT2D eigenvalue weighted by molar-refractivity contribution is 7.99. The van der Waals surface area contributed by atoms with Gasteiger partial charge < -0.3 is 0 Å². The van der Waals surface area contributed by atoms with Gasteiger partial charge in [0.25, 0.3) is 0 Å². The first kappa shape index (κ1) is 14.6. The van der Waals surface area contributed by atoms with Crippen molar-refractivity contribution >= 4 is 23.4 Å². The van der Waals surface area contributed by atoms with Crippen LogP contribution >= 0.6 is 23.4 Å². The maximum Gasteiger partial charge on any atom is 0.215 e. The Labute approximate surface area is 142 Å². The van der Waals surface area contributed by atoms with Crippen molar-refractivity contribution in [1.82, 2.24) is 30.2 Å². The summed E-state index contributed by atoms with van der Waals surface area (Å²) in [6.45, 7) is 0.616. The standard InChI is InChI=1S/C15H13ClN6S/c16-12-8-13(18-14(17-12)11-6-7-11)23-15-19-20-21-22(15)9-10-4-2-1-3-5-10/h1-5,8,11H,6-7,9H2. The second-order valence-corrected chi connectivity index (χ2v) is 6.74. The largest absolute Gasteiger partial charge is 0.226 e. The van der Waals surface area contributed by atoms with Crippen molar-refractivity contribution in [3.8, 4) is 0 Å². The Morgan fingerprint density at radius 2 is 2.00 bits per heavy atom. The first-order valence-electron chi connectivity index (χ1n) is 7.30. The summed E-state index contributed by atoms with van der Waals surface area (Å²) in [5.74, 6) is 1.27. The first-order chi connectivity index (χ1) is 11.3. The van der Waals surface area contributed by atoms with Crippen LogP contribution in [0.15, 0.2) is 46.6 Å². The number of aromatic nitrogens is 6. The Hall–Kier alpha value is -1.99. The molecule has 0 amide bonds. The summed E-state index contributed by atoms with van der Waals surface area (Å²) >= 11 is 7.51. The Kier molecular flexibility index (Phi) is 3.97. The molecule has 2 heterocycles. The molecule has 23 heavy (non-hydrogen) atoms. The van der Waals surface area contributed by atoms with Crippen LogP contribution in [-0.2, 0) is 6.54 Å². The maximum absolute atomic E-state index is 6.11. The van der Waals surface area contributed by atoms with Gasteiger partial charge in [-0.05, 0) is 40.6 Å². The van der Waals surface area contributed by atoms with E-state index in [2.05, 4.69) is 25.5 Å². The van der Waals surface area contributed by atoms with Gasteiger partial charge >= 0.3 is 0 Å². The molecule has 1 aliphatic carbocycles. The molecular formula is C15H13ClN6S. The molecule has 2 aromatic heterocycles. The highest BCUT2D eigenvalue weighted by atomic mass is 35.5. The predicted octanol–water partition coefficient (Wildman–Crippen LogP) is 3.19. The average molecular weight is 345 g/mol. The molecule has 0 spiro atoms. The van der Waals surface area contributed by atoms with Gasteiger partial charge in [0.05, 0.1) is 6.54 Å². The minimum atomic E-state index is 0.452. The second-order valence-electron chi connectivity index (χ2n) is 5.37. The molecule has 1 aliphatic rings. The van der Waals surface area contributed by atoms with E-state index in [0.29, 0.717) is 22.8 Å². The zero-order valence-electron chi connectivity index (χ0n) is 12.1. The van der Waals surface area contributed by atoms with Gasteiger partial charge in [-0.25, -0.2) is 14.6 Å². The molecule has 0 bridgehead atoms. The maximum atomic E-state index is 6.11. The van der Waals surface area contributed by atoms with E-state index in [0.717, 1.165) is 29.3 Å². The SMILES string of the molecule is Clc1cc(Sc2nnnn2Cc2ccccc2)nc(C2CC2)n1. The lowest BCUT2D eigenvalue weighted by Gasteiger charge is -2.05. The van der Waals surface area contributed by atoms with E-state index in [9.17, 15) is 0 Å². The fourth-order valence-electron chi connectivity index (χ4n) is 2.21. The van der Waals surface area contributed by atoms with Crippen LogP contribution in [0.2, 0.25) is 5.15 Å². The molecule has 116 valence electrons. The zero-order chi connectivity index (χ0) is 15.6. The van der Waals surface area contributed by atoms with Crippen molar-refractivity contribution < 1.29 is 0 Å². The van der Waals surface area contributed by atoms with E-state index >= 15 is 0 Å². The summed E-state index contributed by atoms with van der Waals surface area (Å²) in [4.78, 5) is 8.87. The Bertz CT molecular complexity index is 818. The molecule has 0 N–H and O–H groups in total. The molecule has 8 heteroatoms. The number of rotatable bonds is 5. The van der Waals surface area contributed by atoms with Gasteiger partial charge in [-0.15, -0.1) is 5.10 Å².